The van der Waals surface area contributed by atoms with Crippen LogP contribution in [-0.4, -0.2) is 48.1 Å². The van der Waals surface area contributed by atoms with E-state index in [1.165, 1.54) is 0 Å². The van der Waals surface area contributed by atoms with Gasteiger partial charge in [-0.3, -0.25) is 14.5 Å². The van der Waals surface area contributed by atoms with Gasteiger partial charge in [-0.2, -0.15) is 0 Å². The van der Waals surface area contributed by atoms with Crippen LogP contribution in [0.1, 0.15) is 19.3 Å². The zero-order valence-electron chi connectivity index (χ0n) is 12.6. The van der Waals surface area contributed by atoms with Crippen molar-refractivity contribution < 1.29 is 14.3 Å². The maximum Gasteiger partial charge on any atom is 0.263 e. The molecule has 1 aromatic rings. The van der Waals surface area contributed by atoms with E-state index in [1.54, 1.807) is 17.0 Å². The van der Waals surface area contributed by atoms with E-state index >= 15 is 0 Å². The van der Waals surface area contributed by atoms with Gasteiger partial charge in [0.2, 0.25) is 5.91 Å². The summed E-state index contributed by atoms with van der Waals surface area (Å²) < 4.78 is 5.28. The van der Waals surface area contributed by atoms with Gasteiger partial charge in [0.15, 0.2) is 18.2 Å². The lowest BCUT2D eigenvalue weighted by atomic mass is 9.87. The van der Waals surface area contributed by atoms with Gasteiger partial charge >= 0.3 is 0 Å². The lowest BCUT2D eigenvalue weighted by Gasteiger charge is -2.35. The topological polar surface area (TPSA) is 110 Å². The third-order valence-corrected chi connectivity index (χ3v) is 4.51. The van der Waals surface area contributed by atoms with E-state index in [-0.39, 0.29) is 30.5 Å². The molecule has 0 bridgehead atoms. The van der Waals surface area contributed by atoms with Gasteiger partial charge in [0.25, 0.3) is 5.91 Å². The van der Waals surface area contributed by atoms with E-state index in [0.717, 1.165) is 12.8 Å². The number of nitrogens with one attached hydrogen (secondary N) is 2. The molecule has 4 N–H and O–H groups in total. The number of nitrogens with zero attached hydrogens (tertiary/aromatic N) is 2. The predicted molar refractivity (Wildman–Crippen MR) is 83.3 cm³/mol. The minimum atomic E-state index is -0.240. The molecule has 8 heteroatoms. The lowest BCUT2D eigenvalue weighted by molar-refractivity contribution is -0.118. The zero-order valence-corrected chi connectivity index (χ0v) is 12.6. The number of rotatable bonds is 3. The number of aromatic nitrogens is 1. The molecule has 2 aliphatic heterocycles. The van der Waals surface area contributed by atoms with Gasteiger partial charge in [0, 0.05) is 31.1 Å². The van der Waals surface area contributed by atoms with Crippen LogP contribution in [0.4, 0.5) is 11.6 Å². The van der Waals surface area contributed by atoms with Crippen LogP contribution in [0.25, 0.3) is 0 Å². The monoisotopic (exact) mass is 317 g/mol. The summed E-state index contributed by atoms with van der Waals surface area (Å²) in [5.74, 6) is 1.22. The Kier molecular flexibility index (Phi) is 3.42. The Hall–Kier alpha value is -2.19. The Morgan fingerprint density at radius 3 is 2.91 bits per heavy atom. The van der Waals surface area contributed by atoms with Gasteiger partial charge in [0.05, 0.1) is 0 Å². The summed E-state index contributed by atoms with van der Waals surface area (Å²) in [5.41, 5.74) is 5.79. The average molecular weight is 317 g/mol. The van der Waals surface area contributed by atoms with E-state index in [2.05, 4.69) is 15.6 Å². The van der Waals surface area contributed by atoms with Crippen molar-refractivity contribution in [3.05, 3.63) is 12.1 Å². The molecule has 8 nitrogen and oxygen atoms in total. The van der Waals surface area contributed by atoms with Gasteiger partial charge in [-0.25, -0.2) is 4.98 Å². The van der Waals surface area contributed by atoms with Crippen molar-refractivity contribution in [1.29, 1.82) is 0 Å². The van der Waals surface area contributed by atoms with Crippen molar-refractivity contribution in [3.8, 4) is 5.75 Å². The number of nitrogens with two attached hydrogens (primary N) is 1. The van der Waals surface area contributed by atoms with E-state index < -0.39 is 0 Å². The molecule has 3 heterocycles. The normalized spacial score (nSPS) is 29.6. The van der Waals surface area contributed by atoms with Crippen LogP contribution in [0.3, 0.4) is 0 Å². The molecule has 0 radical (unpaired) electrons. The van der Waals surface area contributed by atoms with Crippen LogP contribution in [0.15, 0.2) is 12.1 Å². The molecule has 23 heavy (non-hydrogen) atoms. The third-order valence-electron chi connectivity index (χ3n) is 4.51. The molecule has 1 aromatic heterocycles. The van der Waals surface area contributed by atoms with Crippen LogP contribution in [0, 0.1) is 0 Å². The van der Waals surface area contributed by atoms with Crippen LogP contribution in [0.5, 0.6) is 5.75 Å². The highest BCUT2D eigenvalue weighted by molar-refractivity contribution is 5.97. The van der Waals surface area contributed by atoms with Crippen molar-refractivity contribution >= 4 is 23.5 Å². The summed E-state index contributed by atoms with van der Waals surface area (Å²) in [6.07, 6.45) is 2.38. The van der Waals surface area contributed by atoms with E-state index in [4.69, 9.17) is 10.5 Å². The van der Waals surface area contributed by atoms with Crippen molar-refractivity contribution in [2.45, 2.75) is 37.4 Å². The minimum absolute atomic E-state index is 0.00775. The largest absolute Gasteiger partial charge is 0.480 e. The number of fused-ring (bicyclic) bond motifs is 1. The molecule has 1 atom stereocenters. The number of carbonyl (C=O) groups excluding carboxylic acids is 2. The predicted octanol–water partition coefficient (Wildman–Crippen LogP) is -0.403. The summed E-state index contributed by atoms with van der Waals surface area (Å²) in [5, 5.41) is 6.14. The summed E-state index contributed by atoms with van der Waals surface area (Å²) in [6, 6.07) is 4.29. The molecule has 0 unspecified atom stereocenters. The van der Waals surface area contributed by atoms with Crippen LogP contribution < -0.4 is 26.0 Å². The van der Waals surface area contributed by atoms with Gasteiger partial charge in [-0.05, 0) is 25.0 Å². The lowest BCUT2D eigenvalue weighted by Crippen LogP contribution is -2.52. The number of carbonyl (C=O) groups is 2. The highest BCUT2D eigenvalue weighted by Gasteiger charge is 2.35. The molecular formula is C15H19N5O3. The van der Waals surface area contributed by atoms with Crippen molar-refractivity contribution in [3.63, 3.8) is 0 Å². The fourth-order valence-corrected chi connectivity index (χ4v) is 3.28. The van der Waals surface area contributed by atoms with Gasteiger partial charge in [-0.1, -0.05) is 0 Å². The molecule has 0 aromatic carbocycles. The summed E-state index contributed by atoms with van der Waals surface area (Å²) in [7, 11) is 0. The summed E-state index contributed by atoms with van der Waals surface area (Å²) in [6.45, 7) is 0.567. The standard InChI is InChI=1S/C15H19N5O3/c16-8-3-9(4-8)17-10-5-14(22)20(6-10)12-2-1-11-15(18-12)19-13(21)7-23-11/h1-2,8-10,17H,3-7,16H2,(H,18,19,21)/t8?,9?,10-/m1/s1. The molecule has 1 saturated carbocycles. The second kappa shape index (κ2) is 5.47. The molecule has 122 valence electrons. The maximum atomic E-state index is 12.3. The number of hydrogen-bond donors (Lipinski definition) is 3. The Labute approximate surface area is 133 Å². The number of ether oxygens (including phenoxy) is 1. The molecule has 0 spiro atoms. The number of hydrogen-bond acceptors (Lipinski definition) is 6. The molecule has 2 fully saturated rings. The van der Waals surface area contributed by atoms with E-state index in [1.807, 2.05) is 0 Å². The Morgan fingerprint density at radius 2 is 2.13 bits per heavy atom. The van der Waals surface area contributed by atoms with Gasteiger partial charge < -0.3 is 21.1 Å². The first-order valence-corrected chi connectivity index (χ1v) is 7.84. The van der Waals surface area contributed by atoms with Crippen molar-refractivity contribution in [2.75, 3.05) is 23.4 Å². The van der Waals surface area contributed by atoms with E-state index in [9.17, 15) is 9.59 Å². The number of anilines is 2. The summed E-state index contributed by atoms with van der Waals surface area (Å²) >= 11 is 0. The molecule has 1 aliphatic carbocycles. The smallest absolute Gasteiger partial charge is 0.263 e. The SMILES string of the molecule is NC1CC(N[C@@H]2CC(=O)N(c3ccc4c(n3)NC(=O)CO4)C2)C1. The van der Waals surface area contributed by atoms with Crippen molar-refractivity contribution in [1.82, 2.24) is 10.3 Å². The molecule has 4 rings (SSSR count). The van der Waals surface area contributed by atoms with Gasteiger partial charge in [-0.15, -0.1) is 0 Å². The van der Waals surface area contributed by atoms with Crippen LogP contribution in [0.2, 0.25) is 0 Å². The molecular weight excluding hydrogens is 298 g/mol. The Balaban J connectivity index is 1.46. The fourth-order valence-electron chi connectivity index (χ4n) is 3.28. The van der Waals surface area contributed by atoms with Gasteiger partial charge in [0.1, 0.15) is 5.82 Å². The molecule has 3 aliphatic rings. The van der Waals surface area contributed by atoms with Crippen LogP contribution >= 0.6 is 0 Å². The third kappa shape index (κ3) is 2.75. The first kappa shape index (κ1) is 14.4. The first-order valence-electron chi connectivity index (χ1n) is 7.84. The second-order valence-electron chi connectivity index (χ2n) is 6.35. The first-order chi connectivity index (χ1) is 11.1. The Morgan fingerprint density at radius 1 is 1.30 bits per heavy atom. The number of pyridine rings is 1. The quantitative estimate of drug-likeness (QED) is 0.699. The molecule has 2 amide bonds. The fraction of sp³-hybridized carbons (Fsp3) is 0.533. The van der Waals surface area contributed by atoms with Crippen molar-refractivity contribution in [2.24, 2.45) is 5.73 Å². The van der Waals surface area contributed by atoms with Crippen LogP contribution in [-0.2, 0) is 9.59 Å². The maximum absolute atomic E-state index is 12.3. The minimum Gasteiger partial charge on any atom is -0.480 e. The summed E-state index contributed by atoms with van der Waals surface area (Å²) in [4.78, 5) is 29.7. The second-order valence-corrected chi connectivity index (χ2v) is 6.35. The highest BCUT2D eigenvalue weighted by atomic mass is 16.5. The highest BCUT2D eigenvalue weighted by Crippen LogP contribution is 2.30. The molecule has 1 saturated heterocycles. The zero-order chi connectivity index (χ0) is 16.0. The Bertz CT molecular complexity index is 659. The number of amides is 2. The average Bonchev–Trinajstić information content (AvgIpc) is 2.85. The van der Waals surface area contributed by atoms with E-state index in [0.29, 0.717) is 36.4 Å².